The van der Waals surface area contributed by atoms with Crippen LogP contribution in [-0.2, 0) is 9.59 Å². The quantitative estimate of drug-likeness (QED) is 0.911. The molecule has 110 valence electrons. The monoisotopic (exact) mass is 294 g/mol. The Bertz CT molecular complexity index is 504. The predicted octanol–water partition coefficient (Wildman–Crippen LogP) is 2.57. The second-order valence-corrected chi connectivity index (χ2v) is 7.40. The van der Waals surface area contributed by atoms with Gasteiger partial charge in [0.05, 0.1) is 6.04 Å². The number of hydrogen-bond donors (Lipinski definition) is 1. The van der Waals surface area contributed by atoms with Crippen molar-refractivity contribution in [3.05, 3.63) is 22.4 Å². The number of nitrogens with one attached hydrogen (secondary N) is 1. The highest BCUT2D eigenvalue weighted by Crippen LogP contribution is 2.32. The summed E-state index contributed by atoms with van der Waals surface area (Å²) >= 11 is 1.61. The molecule has 3 unspecified atom stereocenters. The first-order valence-electron chi connectivity index (χ1n) is 6.89. The van der Waals surface area contributed by atoms with E-state index in [1.54, 1.807) is 23.2 Å². The molecule has 4 nitrogen and oxygen atoms in total. The van der Waals surface area contributed by atoms with Gasteiger partial charge in [0, 0.05) is 4.88 Å². The van der Waals surface area contributed by atoms with Crippen LogP contribution in [0.3, 0.4) is 0 Å². The van der Waals surface area contributed by atoms with Gasteiger partial charge in [0.15, 0.2) is 0 Å². The number of hydrogen-bond acceptors (Lipinski definition) is 3. The van der Waals surface area contributed by atoms with E-state index in [0.29, 0.717) is 0 Å². The normalized spacial score (nSPS) is 25.6. The maximum Gasteiger partial charge on any atom is 0.246 e. The number of piperazine rings is 1. The van der Waals surface area contributed by atoms with Crippen LogP contribution < -0.4 is 5.32 Å². The molecule has 2 rings (SSSR count). The number of nitrogens with zero attached hydrogens (tertiary/aromatic N) is 1. The van der Waals surface area contributed by atoms with Crippen molar-refractivity contribution in [2.45, 2.75) is 52.7 Å². The molecule has 3 atom stereocenters. The molecule has 1 aliphatic rings. The summed E-state index contributed by atoms with van der Waals surface area (Å²) in [5, 5.41) is 4.85. The Morgan fingerprint density at radius 3 is 2.50 bits per heavy atom. The first kappa shape index (κ1) is 15.0. The lowest BCUT2D eigenvalue weighted by Crippen LogP contribution is -2.66. The summed E-state index contributed by atoms with van der Waals surface area (Å²) in [7, 11) is 0. The zero-order valence-electron chi connectivity index (χ0n) is 12.6. The van der Waals surface area contributed by atoms with Crippen molar-refractivity contribution >= 4 is 23.2 Å². The topological polar surface area (TPSA) is 49.4 Å². The smallest absolute Gasteiger partial charge is 0.246 e. The third-order valence-electron chi connectivity index (χ3n) is 3.82. The maximum absolute atomic E-state index is 12.8. The molecule has 1 aromatic heterocycles. The molecular formula is C15H22N2O2S. The molecule has 0 spiro atoms. The molecule has 2 heterocycles. The zero-order chi connectivity index (χ0) is 15.1. The molecule has 0 aromatic carbocycles. The van der Waals surface area contributed by atoms with E-state index >= 15 is 0 Å². The second kappa shape index (κ2) is 5.20. The molecule has 1 saturated heterocycles. The van der Waals surface area contributed by atoms with E-state index in [1.807, 2.05) is 45.2 Å². The Hall–Kier alpha value is -1.36. The summed E-state index contributed by atoms with van der Waals surface area (Å²) in [4.78, 5) is 27.8. The molecule has 20 heavy (non-hydrogen) atoms. The first-order valence-corrected chi connectivity index (χ1v) is 7.77. The molecule has 0 aliphatic carbocycles. The predicted molar refractivity (Wildman–Crippen MR) is 80.4 cm³/mol. The van der Waals surface area contributed by atoms with Crippen LogP contribution in [0.2, 0.25) is 0 Å². The van der Waals surface area contributed by atoms with Crippen LogP contribution in [0.15, 0.2) is 17.5 Å². The standard InChI is InChI=1S/C15H22N2O2S/c1-9(11-7-6-8-20-11)17-10(2)13(18)16-12(14(17)19)15(3,4)5/h6-10,12H,1-5H3,(H,16,18). The first-order chi connectivity index (χ1) is 9.23. The fourth-order valence-corrected chi connectivity index (χ4v) is 3.35. The van der Waals surface area contributed by atoms with Crippen molar-refractivity contribution in [1.29, 1.82) is 0 Å². The van der Waals surface area contributed by atoms with Crippen LogP contribution in [0.1, 0.15) is 45.5 Å². The van der Waals surface area contributed by atoms with E-state index in [1.165, 1.54) is 0 Å². The van der Waals surface area contributed by atoms with Gasteiger partial charge in [-0.3, -0.25) is 9.59 Å². The van der Waals surface area contributed by atoms with E-state index < -0.39 is 12.1 Å². The molecule has 0 bridgehead atoms. The Morgan fingerprint density at radius 1 is 1.35 bits per heavy atom. The van der Waals surface area contributed by atoms with E-state index in [2.05, 4.69) is 5.32 Å². The molecule has 1 aliphatic heterocycles. The summed E-state index contributed by atoms with van der Waals surface area (Å²) in [5.41, 5.74) is -0.291. The highest BCUT2D eigenvalue weighted by Gasteiger charge is 2.45. The van der Waals surface area contributed by atoms with Gasteiger partial charge in [-0.15, -0.1) is 11.3 Å². The lowest BCUT2D eigenvalue weighted by molar-refractivity contribution is -0.154. The van der Waals surface area contributed by atoms with Crippen molar-refractivity contribution < 1.29 is 9.59 Å². The van der Waals surface area contributed by atoms with E-state index in [-0.39, 0.29) is 23.3 Å². The molecule has 2 amide bonds. The summed E-state index contributed by atoms with van der Waals surface area (Å²) in [6.45, 7) is 9.69. The van der Waals surface area contributed by atoms with Crippen LogP contribution in [0.4, 0.5) is 0 Å². The molecular weight excluding hydrogens is 272 g/mol. The minimum atomic E-state index is -0.464. The van der Waals surface area contributed by atoms with Crippen molar-refractivity contribution in [3.8, 4) is 0 Å². The second-order valence-electron chi connectivity index (χ2n) is 6.42. The molecule has 1 fully saturated rings. The van der Waals surface area contributed by atoms with Gasteiger partial charge in [-0.1, -0.05) is 26.8 Å². The van der Waals surface area contributed by atoms with Crippen LogP contribution in [0.5, 0.6) is 0 Å². The van der Waals surface area contributed by atoms with Gasteiger partial charge >= 0.3 is 0 Å². The third-order valence-corrected chi connectivity index (χ3v) is 4.87. The third kappa shape index (κ3) is 2.59. The Morgan fingerprint density at radius 2 is 2.00 bits per heavy atom. The zero-order valence-corrected chi connectivity index (χ0v) is 13.5. The van der Waals surface area contributed by atoms with Crippen molar-refractivity contribution in [2.24, 2.45) is 5.41 Å². The van der Waals surface area contributed by atoms with Gasteiger partial charge in [0.2, 0.25) is 11.8 Å². The number of carbonyl (C=O) groups excluding carboxylic acids is 2. The summed E-state index contributed by atoms with van der Waals surface area (Å²) in [6.07, 6.45) is 0. The minimum Gasteiger partial charge on any atom is -0.342 e. The average molecular weight is 294 g/mol. The molecule has 0 radical (unpaired) electrons. The molecule has 1 aromatic rings. The van der Waals surface area contributed by atoms with E-state index in [4.69, 9.17) is 0 Å². The van der Waals surface area contributed by atoms with Crippen molar-refractivity contribution in [1.82, 2.24) is 10.2 Å². The van der Waals surface area contributed by atoms with Crippen molar-refractivity contribution in [2.75, 3.05) is 0 Å². The number of amides is 2. The van der Waals surface area contributed by atoms with Gasteiger partial charge < -0.3 is 10.2 Å². The Labute approximate surface area is 124 Å². The highest BCUT2D eigenvalue weighted by atomic mass is 32.1. The number of rotatable bonds is 2. The Balaban J connectivity index is 2.34. The van der Waals surface area contributed by atoms with E-state index in [9.17, 15) is 9.59 Å². The van der Waals surface area contributed by atoms with Gasteiger partial charge in [-0.2, -0.15) is 0 Å². The molecule has 5 heteroatoms. The molecule has 1 N–H and O–H groups in total. The molecule has 0 saturated carbocycles. The minimum absolute atomic E-state index is 0.00509. The Kier molecular flexibility index (Phi) is 3.91. The van der Waals surface area contributed by atoms with Gasteiger partial charge in [-0.25, -0.2) is 0 Å². The summed E-state index contributed by atoms with van der Waals surface area (Å²) in [5.74, 6) is -0.0709. The van der Waals surface area contributed by atoms with Gasteiger partial charge in [-0.05, 0) is 30.7 Å². The SMILES string of the molecule is CC1C(=O)NC(C(C)(C)C)C(=O)N1C(C)c1cccs1. The van der Waals surface area contributed by atoms with Crippen LogP contribution >= 0.6 is 11.3 Å². The van der Waals surface area contributed by atoms with Gasteiger partial charge in [0.25, 0.3) is 0 Å². The van der Waals surface area contributed by atoms with Crippen molar-refractivity contribution in [3.63, 3.8) is 0 Å². The fraction of sp³-hybridized carbons (Fsp3) is 0.600. The highest BCUT2D eigenvalue weighted by molar-refractivity contribution is 7.10. The summed E-state index contributed by atoms with van der Waals surface area (Å²) < 4.78 is 0. The fourth-order valence-electron chi connectivity index (χ4n) is 2.57. The lowest BCUT2D eigenvalue weighted by Gasteiger charge is -2.44. The number of thiophene rings is 1. The lowest BCUT2D eigenvalue weighted by atomic mass is 9.83. The number of carbonyl (C=O) groups is 2. The van der Waals surface area contributed by atoms with E-state index in [0.717, 1.165) is 4.88 Å². The average Bonchev–Trinajstić information content (AvgIpc) is 2.86. The summed E-state index contributed by atoms with van der Waals surface area (Å²) in [6, 6.07) is 3.00. The maximum atomic E-state index is 12.8. The largest absolute Gasteiger partial charge is 0.342 e. The van der Waals surface area contributed by atoms with Gasteiger partial charge in [0.1, 0.15) is 12.1 Å². The van der Waals surface area contributed by atoms with Crippen LogP contribution in [0.25, 0.3) is 0 Å². The van der Waals surface area contributed by atoms with Crippen LogP contribution in [-0.4, -0.2) is 28.8 Å². The van der Waals surface area contributed by atoms with Crippen LogP contribution in [0, 0.1) is 5.41 Å².